The number of aromatic nitrogens is 2. The Hall–Kier alpha value is -6.37. The van der Waals surface area contributed by atoms with E-state index in [0.29, 0.717) is 58.8 Å². The van der Waals surface area contributed by atoms with Crippen molar-refractivity contribution in [1.82, 2.24) is 25.1 Å². The highest BCUT2D eigenvalue weighted by Gasteiger charge is 2.45. The van der Waals surface area contributed by atoms with Crippen LogP contribution in [-0.4, -0.2) is 122 Å². The van der Waals surface area contributed by atoms with E-state index in [1.165, 1.54) is 23.9 Å². The smallest absolute Gasteiger partial charge is 0.319 e. The Bertz CT molecular complexity index is 2980. The fourth-order valence-corrected chi connectivity index (χ4v) is 11.5. The molecule has 5 aromatic rings. The van der Waals surface area contributed by atoms with Crippen molar-refractivity contribution in [3.8, 4) is 35.2 Å². The molecule has 0 radical (unpaired) electrons. The van der Waals surface area contributed by atoms with Gasteiger partial charge in [-0.15, -0.1) is 6.42 Å². The van der Waals surface area contributed by atoms with Crippen molar-refractivity contribution in [2.45, 2.75) is 92.4 Å². The number of nitrogens with one attached hydrogen (secondary N) is 1. The van der Waals surface area contributed by atoms with Crippen LogP contribution in [0.1, 0.15) is 96.6 Å². The van der Waals surface area contributed by atoms with Gasteiger partial charge in [0.2, 0.25) is 17.7 Å². The lowest BCUT2D eigenvalue weighted by Gasteiger charge is -2.40. The first-order valence-electron chi connectivity index (χ1n) is 27.2. The van der Waals surface area contributed by atoms with E-state index in [4.69, 9.17) is 21.1 Å². The van der Waals surface area contributed by atoms with Crippen molar-refractivity contribution in [2.24, 2.45) is 29.1 Å². The molecule has 3 unspecified atom stereocenters. The van der Waals surface area contributed by atoms with E-state index >= 15 is 8.78 Å². The molecule has 75 heavy (non-hydrogen) atoms. The lowest BCUT2D eigenvalue weighted by Crippen LogP contribution is -2.50. The number of piperazine rings is 1. The molecule has 5 aliphatic rings. The molecule has 1 aliphatic carbocycles. The second-order valence-electron chi connectivity index (χ2n) is 22.3. The number of ether oxygens (including phenoxy) is 1. The summed E-state index contributed by atoms with van der Waals surface area (Å²) in [6, 6.07) is 15.9. The minimum atomic E-state index is -0.603. The largest absolute Gasteiger partial charge is 0.508 e. The van der Waals surface area contributed by atoms with Gasteiger partial charge in [0.1, 0.15) is 22.9 Å². The van der Waals surface area contributed by atoms with E-state index in [2.05, 4.69) is 69.8 Å². The van der Waals surface area contributed by atoms with Gasteiger partial charge in [0.15, 0.2) is 5.82 Å². The number of piperidine rings is 3. The van der Waals surface area contributed by atoms with Crippen LogP contribution in [0.2, 0.25) is 0 Å². The van der Waals surface area contributed by atoms with E-state index < -0.39 is 11.6 Å². The number of nitrogens with zero attached hydrogens (tertiary/aromatic N) is 7. The molecule has 10 rings (SSSR count). The first-order chi connectivity index (χ1) is 36.0. The molecule has 15 heteroatoms. The zero-order valence-electron chi connectivity index (χ0n) is 44.7. The second-order valence-corrected chi connectivity index (χ2v) is 22.3. The van der Waals surface area contributed by atoms with Crippen LogP contribution in [0.25, 0.3) is 32.8 Å². The standard InChI is InChI=1S/C54H65F2N7O3.C6H9NO2/c1-7-36(4)52(65)59(6)47-29-40(13-11-37(47)5)62-22-17-38(18-23-62)32-60-24-26-61(27-25-60)33-54(19-20-54)34-66-53-57-50-44(51(58-53)63-21-9-10-35(3)31-63)15-14-43(49(50)56)45-30-41(64)28-39-12-16-46(55)42(8-2)48(39)45;1-4-2-3-5(8)7-6(4)9/h2,11-16,28-30,35-36,38,64H,7,9-10,17-27,31-34H2,1,3-6H3;4H,2-3H2,1H3,(H,7,8,9). The third kappa shape index (κ3) is 12.0. The molecular formula is C60H74F2N8O5. The fraction of sp³-hybridized carbons (Fsp3) is 0.517. The second kappa shape index (κ2) is 22.8. The van der Waals surface area contributed by atoms with Crippen molar-refractivity contribution in [3.05, 3.63) is 77.4 Å². The Kier molecular flexibility index (Phi) is 16.3. The number of rotatable bonds is 13. The summed E-state index contributed by atoms with van der Waals surface area (Å²) in [6.07, 6.45) is 14.4. The lowest BCUT2D eigenvalue weighted by molar-refractivity contribution is -0.135. The molecule has 1 saturated carbocycles. The first kappa shape index (κ1) is 53.5. The summed E-state index contributed by atoms with van der Waals surface area (Å²) >= 11 is 0. The normalized spacial score (nSPS) is 20.8. The maximum absolute atomic E-state index is 17.1. The lowest BCUT2D eigenvalue weighted by atomic mass is 9.93. The van der Waals surface area contributed by atoms with Crippen molar-refractivity contribution in [2.75, 3.05) is 93.8 Å². The number of fused-ring (bicyclic) bond motifs is 2. The van der Waals surface area contributed by atoms with Crippen LogP contribution in [0.3, 0.4) is 0 Å². The van der Waals surface area contributed by atoms with E-state index in [0.717, 1.165) is 122 Å². The van der Waals surface area contributed by atoms with Crippen LogP contribution < -0.4 is 24.8 Å². The summed E-state index contributed by atoms with van der Waals surface area (Å²) in [5, 5.41) is 14.4. The number of carbonyl (C=O) groups is 3. The topological polar surface area (TPSA) is 135 Å². The number of aromatic hydroxyl groups is 1. The van der Waals surface area contributed by atoms with Gasteiger partial charge in [0, 0.05) is 124 Å². The molecule has 3 amide bonds. The molecule has 0 bridgehead atoms. The number of hydrogen-bond acceptors (Lipinski definition) is 11. The molecule has 2 N–H and O–H groups in total. The van der Waals surface area contributed by atoms with Crippen LogP contribution in [0.15, 0.2) is 54.6 Å². The number of phenolic OH excluding ortho intramolecular Hbond substituents is 1. The van der Waals surface area contributed by atoms with Gasteiger partial charge in [0.25, 0.3) is 0 Å². The summed E-state index contributed by atoms with van der Waals surface area (Å²) in [6.45, 7) is 20.5. The summed E-state index contributed by atoms with van der Waals surface area (Å²) in [7, 11) is 1.90. The monoisotopic (exact) mass is 1020 g/mol. The van der Waals surface area contributed by atoms with Gasteiger partial charge >= 0.3 is 6.01 Å². The van der Waals surface area contributed by atoms with E-state index in [9.17, 15) is 19.5 Å². The van der Waals surface area contributed by atoms with Crippen molar-refractivity contribution >= 4 is 56.6 Å². The number of anilines is 3. The Labute approximate surface area is 441 Å². The van der Waals surface area contributed by atoms with E-state index in [-0.39, 0.29) is 63.4 Å². The minimum absolute atomic E-state index is 0.00409. The SMILES string of the molecule is C#Cc1c(F)ccc2cc(O)cc(-c3ccc4c(N5CCCC(C)C5)nc(OCC5(CN6CCN(CC7CCN(c8ccc(C)c(N(C)C(=O)C(C)CC)c8)CC7)CC6)CC5)nc4c3F)c12.CC1CCC(=O)NC1=O. The summed E-state index contributed by atoms with van der Waals surface area (Å²) < 4.78 is 38.6. The molecule has 1 aromatic heterocycles. The van der Waals surface area contributed by atoms with Gasteiger partial charge in [-0.2, -0.15) is 9.97 Å². The summed E-state index contributed by atoms with van der Waals surface area (Å²) in [5.74, 6) is 2.86. The maximum atomic E-state index is 17.1. The third-order valence-corrected chi connectivity index (χ3v) is 16.6. The molecular weight excluding hydrogens is 951 g/mol. The minimum Gasteiger partial charge on any atom is -0.508 e. The van der Waals surface area contributed by atoms with Crippen LogP contribution in [0, 0.1) is 60.0 Å². The number of benzene rings is 4. The Morgan fingerprint density at radius 3 is 2.36 bits per heavy atom. The van der Waals surface area contributed by atoms with Gasteiger partial charge < -0.3 is 34.3 Å². The average molecular weight is 1030 g/mol. The fourth-order valence-electron chi connectivity index (χ4n) is 11.5. The number of aryl methyl sites for hydroxylation is 1. The number of imide groups is 1. The maximum Gasteiger partial charge on any atom is 0.319 e. The predicted molar refractivity (Wildman–Crippen MR) is 293 cm³/mol. The number of halogens is 2. The number of carbonyl (C=O) groups excluding carboxylic acids is 3. The van der Waals surface area contributed by atoms with Gasteiger partial charge in [-0.05, 0) is 123 Å². The molecule has 4 aliphatic heterocycles. The average Bonchev–Trinajstić information content (AvgIpc) is 4.19. The Morgan fingerprint density at radius 1 is 0.933 bits per heavy atom. The van der Waals surface area contributed by atoms with Crippen LogP contribution >= 0.6 is 0 Å². The highest BCUT2D eigenvalue weighted by molar-refractivity contribution is 6.04. The van der Waals surface area contributed by atoms with Crippen molar-refractivity contribution in [1.29, 1.82) is 0 Å². The molecule has 5 fully saturated rings. The highest BCUT2D eigenvalue weighted by atomic mass is 19.1. The Balaban J connectivity index is 0.000000694. The van der Waals surface area contributed by atoms with Crippen molar-refractivity contribution in [3.63, 3.8) is 0 Å². The molecule has 4 aromatic carbocycles. The number of phenols is 1. The summed E-state index contributed by atoms with van der Waals surface area (Å²) in [5.41, 5.74) is 3.91. The first-order valence-corrected chi connectivity index (χ1v) is 27.2. The number of hydrogen-bond donors (Lipinski definition) is 2. The number of amides is 3. The van der Waals surface area contributed by atoms with Crippen LogP contribution in [0.4, 0.5) is 26.0 Å². The third-order valence-electron chi connectivity index (χ3n) is 16.6. The quantitative estimate of drug-likeness (QED) is 0.0863. The zero-order chi connectivity index (χ0) is 53.1. The molecule has 398 valence electrons. The van der Waals surface area contributed by atoms with Gasteiger partial charge in [-0.3, -0.25) is 19.7 Å². The molecule has 13 nitrogen and oxygen atoms in total. The van der Waals surface area contributed by atoms with Gasteiger partial charge in [-0.1, -0.05) is 51.8 Å². The van der Waals surface area contributed by atoms with Crippen molar-refractivity contribution < 1.29 is 33.0 Å². The zero-order valence-corrected chi connectivity index (χ0v) is 44.7. The van der Waals surface area contributed by atoms with Crippen LogP contribution in [-0.2, 0) is 14.4 Å². The predicted octanol–water partition coefficient (Wildman–Crippen LogP) is 9.72. The van der Waals surface area contributed by atoms with Gasteiger partial charge in [0.05, 0.1) is 12.2 Å². The molecule has 0 spiro atoms. The van der Waals surface area contributed by atoms with E-state index in [1.807, 2.05) is 31.9 Å². The summed E-state index contributed by atoms with van der Waals surface area (Å²) in [4.78, 5) is 55.6. The molecule has 4 saturated heterocycles. The van der Waals surface area contributed by atoms with Gasteiger partial charge in [-0.25, -0.2) is 8.78 Å². The van der Waals surface area contributed by atoms with Crippen LogP contribution in [0.5, 0.6) is 11.8 Å². The Morgan fingerprint density at radius 2 is 1.68 bits per heavy atom. The molecule has 3 atom stereocenters. The highest BCUT2D eigenvalue weighted by Crippen LogP contribution is 2.47. The number of terminal acetylenes is 1. The molecule has 5 heterocycles. The van der Waals surface area contributed by atoms with E-state index in [1.54, 1.807) is 12.1 Å².